The number of aliphatic carboxylic acids is 1. The van der Waals surface area contributed by atoms with Gasteiger partial charge in [-0.25, -0.2) is 4.79 Å². The van der Waals surface area contributed by atoms with Crippen molar-refractivity contribution in [1.29, 1.82) is 0 Å². The summed E-state index contributed by atoms with van der Waals surface area (Å²) in [6, 6.07) is 6.11. The van der Waals surface area contributed by atoms with E-state index in [9.17, 15) is 9.59 Å². The van der Waals surface area contributed by atoms with E-state index in [1.54, 1.807) is 4.90 Å². The van der Waals surface area contributed by atoms with Gasteiger partial charge in [-0.1, -0.05) is 12.1 Å². The highest BCUT2D eigenvalue weighted by molar-refractivity contribution is 5.89. The Bertz CT molecular complexity index is 680. The topological polar surface area (TPSA) is 78.9 Å². The maximum Gasteiger partial charge on any atom is 0.414 e. The molecule has 6 heteroatoms. The zero-order chi connectivity index (χ0) is 18.2. The van der Waals surface area contributed by atoms with Gasteiger partial charge < -0.3 is 15.2 Å². The summed E-state index contributed by atoms with van der Waals surface area (Å²) in [7, 11) is 0. The average Bonchev–Trinajstić information content (AvgIpc) is 3.02. The highest BCUT2D eigenvalue weighted by Gasteiger charge is 2.32. The summed E-state index contributed by atoms with van der Waals surface area (Å²) in [5.74, 6) is -1.08. The van der Waals surface area contributed by atoms with Gasteiger partial charge in [0.15, 0.2) is 0 Å². The minimum atomic E-state index is -0.746. The van der Waals surface area contributed by atoms with Crippen LogP contribution < -0.4 is 10.2 Å². The van der Waals surface area contributed by atoms with Crippen molar-refractivity contribution >= 4 is 17.7 Å². The molecular weight excluding hydrogens is 320 g/mol. The summed E-state index contributed by atoms with van der Waals surface area (Å²) in [5.41, 5.74) is 2.59. The molecule has 6 nitrogen and oxygen atoms in total. The third kappa shape index (κ3) is 3.95. The Balaban J connectivity index is 1.79. The van der Waals surface area contributed by atoms with Gasteiger partial charge in [-0.05, 0) is 57.2 Å². The summed E-state index contributed by atoms with van der Waals surface area (Å²) in [6.07, 6.45) is 2.10. The number of nitrogens with one attached hydrogen (secondary N) is 1. The van der Waals surface area contributed by atoms with Crippen LogP contribution in [0.2, 0.25) is 0 Å². The van der Waals surface area contributed by atoms with Gasteiger partial charge in [-0.2, -0.15) is 0 Å². The molecule has 2 aliphatic rings. The molecule has 0 spiro atoms. The van der Waals surface area contributed by atoms with Crippen molar-refractivity contribution in [2.75, 3.05) is 18.0 Å². The van der Waals surface area contributed by atoms with E-state index in [1.165, 1.54) is 0 Å². The van der Waals surface area contributed by atoms with Gasteiger partial charge >= 0.3 is 12.1 Å². The molecule has 0 radical (unpaired) electrons. The van der Waals surface area contributed by atoms with Crippen molar-refractivity contribution < 1.29 is 19.4 Å². The first-order valence-electron chi connectivity index (χ1n) is 8.84. The van der Waals surface area contributed by atoms with E-state index in [4.69, 9.17) is 9.84 Å². The molecule has 1 fully saturated rings. The summed E-state index contributed by atoms with van der Waals surface area (Å²) in [4.78, 5) is 25.3. The summed E-state index contributed by atoms with van der Waals surface area (Å²) in [5, 5.41) is 12.5. The van der Waals surface area contributed by atoms with Crippen LogP contribution in [0.5, 0.6) is 0 Å². The molecule has 2 unspecified atom stereocenters. The van der Waals surface area contributed by atoms with E-state index in [0.717, 1.165) is 29.7 Å². The lowest BCUT2D eigenvalue weighted by atomic mass is 9.94. The van der Waals surface area contributed by atoms with Crippen LogP contribution in [-0.4, -0.2) is 35.9 Å². The van der Waals surface area contributed by atoms with Crippen LogP contribution in [0.4, 0.5) is 10.5 Å². The second kappa shape index (κ2) is 6.67. The molecule has 1 saturated heterocycles. The SMILES string of the molecule is CC(C)(C)OC(=O)N1CCCc2cc(C3CC(C(=O)O)CN3)ccc21. The molecule has 1 aromatic carbocycles. The molecule has 0 aliphatic carbocycles. The minimum absolute atomic E-state index is 0.0586. The van der Waals surface area contributed by atoms with Gasteiger partial charge in [0.25, 0.3) is 0 Å². The van der Waals surface area contributed by atoms with Crippen molar-refractivity contribution in [3.05, 3.63) is 29.3 Å². The number of benzene rings is 1. The molecule has 1 aromatic rings. The number of rotatable bonds is 2. The fourth-order valence-corrected chi connectivity index (χ4v) is 3.52. The molecule has 136 valence electrons. The molecule has 0 saturated carbocycles. The molecule has 2 aliphatic heterocycles. The Morgan fingerprint density at radius 1 is 1.32 bits per heavy atom. The average molecular weight is 346 g/mol. The van der Waals surface area contributed by atoms with Crippen molar-refractivity contribution in [2.24, 2.45) is 5.92 Å². The lowest BCUT2D eigenvalue weighted by molar-refractivity contribution is -0.141. The first kappa shape index (κ1) is 17.7. The summed E-state index contributed by atoms with van der Waals surface area (Å²) >= 11 is 0. The number of hydrogen-bond donors (Lipinski definition) is 2. The van der Waals surface area contributed by atoms with Crippen LogP contribution in [0.25, 0.3) is 0 Å². The van der Waals surface area contributed by atoms with Crippen molar-refractivity contribution in [2.45, 2.75) is 51.7 Å². The second-order valence-corrected chi connectivity index (χ2v) is 7.86. The van der Waals surface area contributed by atoms with Crippen LogP contribution in [0, 0.1) is 5.92 Å². The van der Waals surface area contributed by atoms with Gasteiger partial charge in [0, 0.05) is 19.1 Å². The number of nitrogens with zero attached hydrogens (tertiary/aromatic N) is 1. The van der Waals surface area contributed by atoms with Gasteiger partial charge in [-0.15, -0.1) is 0 Å². The zero-order valence-corrected chi connectivity index (χ0v) is 15.0. The van der Waals surface area contributed by atoms with Gasteiger partial charge in [0.05, 0.1) is 11.6 Å². The molecule has 0 aromatic heterocycles. The highest BCUT2D eigenvalue weighted by atomic mass is 16.6. The summed E-state index contributed by atoms with van der Waals surface area (Å²) < 4.78 is 5.51. The minimum Gasteiger partial charge on any atom is -0.481 e. The van der Waals surface area contributed by atoms with Crippen LogP contribution in [0.3, 0.4) is 0 Å². The molecule has 2 N–H and O–H groups in total. The predicted molar refractivity (Wildman–Crippen MR) is 94.8 cm³/mol. The molecule has 0 bridgehead atoms. The Morgan fingerprint density at radius 2 is 2.08 bits per heavy atom. The quantitative estimate of drug-likeness (QED) is 0.860. The van der Waals surface area contributed by atoms with Crippen LogP contribution in [0.15, 0.2) is 18.2 Å². The molecule has 1 amide bonds. The van der Waals surface area contributed by atoms with Gasteiger partial charge in [0.2, 0.25) is 0 Å². The number of aryl methyl sites for hydroxylation is 1. The normalized spacial score (nSPS) is 23.2. The fourth-order valence-electron chi connectivity index (χ4n) is 3.52. The fraction of sp³-hybridized carbons (Fsp3) is 0.579. The van der Waals surface area contributed by atoms with E-state index in [2.05, 4.69) is 11.4 Å². The third-order valence-corrected chi connectivity index (χ3v) is 4.72. The molecule has 3 rings (SSSR count). The van der Waals surface area contributed by atoms with E-state index in [1.807, 2.05) is 32.9 Å². The lowest BCUT2D eigenvalue weighted by Gasteiger charge is -2.32. The molecule has 2 heterocycles. The van der Waals surface area contributed by atoms with Crippen molar-refractivity contribution in [1.82, 2.24) is 5.32 Å². The molecule has 2 atom stereocenters. The number of fused-ring (bicyclic) bond motifs is 1. The third-order valence-electron chi connectivity index (χ3n) is 4.72. The van der Waals surface area contributed by atoms with E-state index in [0.29, 0.717) is 19.5 Å². The van der Waals surface area contributed by atoms with Crippen LogP contribution in [-0.2, 0) is 16.0 Å². The van der Waals surface area contributed by atoms with Crippen molar-refractivity contribution in [3.8, 4) is 0 Å². The molecule has 25 heavy (non-hydrogen) atoms. The number of carbonyl (C=O) groups excluding carboxylic acids is 1. The highest BCUT2D eigenvalue weighted by Crippen LogP contribution is 2.34. The zero-order valence-electron chi connectivity index (χ0n) is 15.0. The van der Waals surface area contributed by atoms with E-state index in [-0.39, 0.29) is 18.1 Å². The van der Waals surface area contributed by atoms with E-state index >= 15 is 0 Å². The first-order chi connectivity index (χ1) is 11.7. The Kier molecular flexibility index (Phi) is 4.73. The first-order valence-corrected chi connectivity index (χ1v) is 8.84. The second-order valence-electron chi connectivity index (χ2n) is 7.86. The Labute approximate surface area is 148 Å². The molecular formula is C19H26N2O4. The summed E-state index contributed by atoms with van der Waals surface area (Å²) in [6.45, 7) is 6.75. The lowest BCUT2D eigenvalue weighted by Crippen LogP contribution is -2.39. The largest absolute Gasteiger partial charge is 0.481 e. The maximum absolute atomic E-state index is 12.5. The van der Waals surface area contributed by atoms with E-state index < -0.39 is 11.6 Å². The number of carboxylic acid groups (broad SMARTS) is 1. The smallest absolute Gasteiger partial charge is 0.414 e. The van der Waals surface area contributed by atoms with Gasteiger partial charge in [0.1, 0.15) is 5.60 Å². The Hall–Kier alpha value is -2.08. The maximum atomic E-state index is 12.5. The number of hydrogen-bond acceptors (Lipinski definition) is 4. The predicted octanol–water partition coefficient (Wildman–Crippen LogP) is 3.11. The Morgan fingerprint density at radius 3 is 2.72 bits per heavy atom. The van der Waals surface area contributed by atoms with Crippen LogP contribution >= 0.6 is 0 Å². The van der Waals surface area contributed by atoms with Gasteiger partial charge in [-0.3, -0.25) is 9.69 Å². The number of amides is 1. The number of carboxylic acids is 1. The van der Waals surface area contributed by atoms with Crippen LogP contribution in [0.1, 0.15) is 50.8 Å². The number of ether oxygens (including phenoxy) is 1. The number of carbonyl (C=O) groups is 2. The monoisotopic (exact) mass is 346 g/mol. The number of anilines is 1. The standard InChI is InChI=1S/C19H26N2O4/c1-19(2,3)25-18(24)21-8-4-5-13-9-12(6-7-16(13)21)15-10-14(11-20-15)17(22)23/h6-7,9,14-15,20H,4-5,8,10-11H2,1-3H3,(H,22,23). The van der Waals surface area contributed by atoms with Crippen molar-refractivity contribution in [3.63, 3.8) is 0 Å².